The minimum Gasteiger partial charge on any atom is -0.504 e. The molecule has 1 aromatic heterocycles. The smallest absolute Gasteiger partial charge is 0.166 e. The van der Waals surface area contributed by atoms with E-state index in [1.54, 1.807) is 0 Å². The van der Waals surface area contributed by atoms with Crippen LogP contribution in [0.15, 0.2) is 61.7 Å². The second-order valence-electron chi connectivity index (χ2n) is 11.8. The van der Waals surface area contributed by atoms with E-state index < -0.39 is 5.60 Å². The maximum Gasteiger partial charge on any atom is 0.166 e. The van der Waals surface area contributed by atoms with Crippen molar-refractivity contribution in [3.8, 4) is 11.5 Å². The number of fused-ring (bicyclic) bond motifs is 4. The largest absolute Gasteiger partial charge is 0.504 e. The second-order valence-corrected chi connectivity index (χ2v) is 11.8. The van der Waals surface area contributed by atoms with E-state index in [-0.39, 0.29) is 23.3 Å². The number of rotatable bonds is 7. The number of para-hydroxylation sites is 1. The number of phenolic OH excluding ortho intramolecular Hbond substituents is 1. The molecule has 5 nitrogen and oxygen atoms in total. The first-order valence-electron chi connectivity index (χ1n) is 13.8. The average Bonchev–Trinajstić information content (AvgIpc) is 3.59. The van der Waals surface area contributed by atoms with Gasteiger partial charge in [0.25, 0.3) is 0 Å². The van der Waals surface area contributed by atoms with Crippen LogP contribution in [-0.4, -0.2) is 45.9 Å². The van der Waals surface area contributed by atoms with Crippen LogP contribution in [0.1, 0.15) is 47.8 Å². The number of hydrogen-bond acceptors (Lipinski definition) is 4. The minimum absolute atomic E-state index is 0.221. The van der Waals surface area contributed by atoms with Gasteiger partial charge in [-0.2, -0.15) is 0 Å². The van der Waals surface area contributed by atoms with Crippen LogP contribution in [0, 0.1) is 5.92 Å². The van der Waals surface area contributed by atoms with Crippen molar-refractivity contribution in [2.45, 2.75) is 61.8 Å². The van der Waals surface area contributed by atoms with Crippen molar-refractivity contribution in [1.29, 1.82) is 0 Å². The third-order valence-corrected chi connectivity index (χ3v) is 10.1. The van der Waals surface area contributed by atoms with Crippen LogP contribution in [0.5, 0.6) is 11.5 Å². The number of piperidine rings is 1. The second kappa shape index (κ2) is 7.52. The fourth-order valence-electron chi connectivity index (χ4n) is 8.58. The lowest BCUT2D eigenvalue weighted by Crippen LogP contribution is -2.75. The zero-order valence-corrected chi connectivity index (χ0v) is 21.3. The standard InChI is InChI=1S/C32H34N2O3/c1-3-14-34-24-8-6-5-7-22(24)23-18-32(36-16-4-2)26-17-21-11-12-25(35)29-27(21)31(32,30(37-29)28(23)34)13-15-33(26)19-20-9-10-20/h3-8,11-12,20,26,30,35H,1-2,9-10,13-19H2/t26-,30+,31+,32-/m1/s1. The molecule has 1 spiro atoms. The summed E-state index contributed by atoms with van der Waals surface area (Å²) < 4.78 is 16.5. The molecule has 1 saturated heterocycles. The summed E-state index contributed by atoms with van der Waals surface area (Å²) in [7, 11) is 0. The molecule has 1 N–H and O–H groups in total. The number of phenols is 1. The molecule has 2 bridgehead atoms. The third-order valence-electron chi connectivity index (χ3n) is 10.1. The molecule has 8 rings (SSSR count). The van der Waals surface area contributed by atoms with Gasteiger partial charge in [-0.3, -0.25) is 4.90 Å². The number of aromatic nitrogens is 1. The van der Waals surface area contributed by atoms with Gasteiger partial charge in [0.1, 0.15) is 5.60 Å². The van der Waals surface area contributed by atoms with Crippen LogP contribution in [0.4, 0.5) is 0 Å². The highest BCUT2D eigenvalue weighted by Crippen LogP contribution is 2.70. The summed E-state index contributed by atoms with van der Waals surface area (Å²) in [5, 5.41) is 12.4. The highest BCUT2D eigenvalue weighted by Gasteiger charge is 2.74. The van der Waals surface area contributed by atoms with Gasteiger partial charge in [0.15, 0.2) is 17.6 Å². The van der Waals surface area contributed by atoms with Gasteiger partial charge in [0.05, 0.1) is 17.7 Å². The summed E-state index contributed by atoms with van der Waals surface area (Å²) in [4.78, 5) is 2.74. The van der Waals surface area contributed by atoms with E-state index >= 15 is 0 Å². The summed E-state index contributed by atoms with van der Waals surface area (Å²) in [6.07, 6.45) is 9.05. The quantitative estimate of drug-likeness (QED) is 0.444. The predicted octanol–water partition coefficient (Wildman–Crippen LogP) is 5.44. The van der Waals surface area contributed by atoms with Crippen LogP contribution >= 0.6 is 0 Å². The lowest BCUT2D eigenvalue weighted by Gasteiger charge is -2.64. The van der Waals surface area contributed by atoms with Crippen molar-refractivity contribution in [2.24, 2.45) is 5.92 Å². The summed E-state index contributed by atoms with van der Waals surface area (Å²) in [5.74, 6) is 1.73. The molecule has 3 aliphatic carbocycles. The molecule has 4 atom stereocenters. The topological polar surface area (TPSA) is 46.9 Å². The SMILES string of the molecule is C=CCO[C@@]12Cc3c(n(CC=C)c4ccccc34)[C@@H]3Oc4c(O)ccc5c4[C@@]31CCN(CC1CC1)[C@@H]2C5. The number of ether oxygens (including phenoxy) is 2. The predicted molar refractivity (Wildman–Crippen MR) is 144 cm³/mol. The number of likely N-dealkylation sites (tertiary alicyclic amines) is 1. The fourth-order valence-corrected chi connectivity index (χ4v) is 8.58. The van der Waals surface area contributed by atoms with Crippen molar-refractivity contribution < 1.29 is 14.6 Å². The van der Waals surface area contributed by atoms with E-state index in [1.807, 2.05) is 18.2 Å². The summed E-state index contributed by atoms with van der Waals surface area (Å²) in [5.41, 5.74) is 5.48. The zero-order valence-electron chi connectivity index (χ0n) is 21.3. The van der Waals surface area contributed by atoms with E-state index in [4.69, 9.17) is 9.47 Å². The van der Waals surface area contributed by atoms with Crippen LogP contribution in [0.25, 0.3) is 10.9 Å². The molecule has 0 unspecified atom stereocenters. The van der Waals surface area contributed by atoms with Gasteiger partial charge in [-0.1, -0.05) is 36.4 Å². The molecule has 5 aliphatic rings. The first-order valence-corrected chi connectivity index (χ1v) is 13.8. The van der Waals surface area contributed by atoms with Crippen molar-refractivity contribution in [1.82, 2.24) is 9.47 Å². The van der Waals surface area contributed by atoms with E-state index in [9.17, 15) is 5.11 Å². The number of hydrogen-bond donors (Lipinski definition) is 1. The highest BCUT2D eigenvalue weighted by atomic mass is 16.5. The summed E-state index contributed by atoms with van der Waals surface area (Å²) in [6, 6.07) is 12.9. The van der Waals surface area contributed by atoms with Gasteiger partial charge < -0.3 is 19.1 Å². The first kappa shape index (κ1) is 22.0. The van der Waals surface area contributed by atoms with Gasteiger partial charge in [-0.05, 0) is 61.4 Å². The molecule has 0 radical (unpaired) electrons. The highest BCUT2D eigenvalue weighted by molar-refractivity contribution is 5.87. The molecule has 2 aliphatic heterocycles. The average molecular weight is 495 g/mol. The van der Waals surface area contributed by atoms with Crippen LogP contribution in [0.3, 0.4) is 0 Å². The molecule has 5 heteroatoms. The Hall–Kier alpha value is -3.02. The van der Waals surface area contributed by atoms with Gasteiger partial charge in [-0.15, -0.1) is 13.2 Å². The van der Waals surface area contributed by atoms with E-state index in [0.717, 1.165) is 44.8 Å². The normalized spacial score (nSPS) is 31.0. The molecule has 2 aromatic carbocycles. The monoisotopic (exact) mass is 494 g/mol. The molecule has 37 heavy (non-hydrogen) atoms. The van der Waals surface area contributed by atoms with Crippen LogP contribution in [-0.2, 0) is 29.5 Å². The molecular weight excluding hydrogens is 460 g/mol. The van der Waals surface area contributed by atoms with Crippen LogP contribution < -0.4 is 4.74 Å². The number of benzene rings is 2. The van der Waals surface area contributed by atoms with E-state index in [2.05, 4.69) is 53.0 Å². The van der Waals surface area contributed by atoms with Gasteiger partial charge in [0.2, 0.25) is 0 Å². The molecule has 1 saturated carbocycles. The minimum atomic E-state index is -0.457. The van der Waals surface area contributed by atoms with Crippen molar-refractivity contribution in [2.75, 3.05) is 19.7 Å². The Kier molecular flexibility index (Phi) is 4.47. The maximum absolute atomic E-state index is 11.1. The first-order chi connectivity index (χ1) is 18.1. The molecule has 190 valence electrons. The van der Waals surface area contributed by atoms with Gasteiger partial charge in [0, 0.05) is 42.0 Å². The van der Waals surface area contributed by atoms with E-state index in [1.165, 1.54) is 46.1 Å². The Bertz CT molecular complexity index is 1470. The molecule has 2 fully saturated rings. The van der Waals surface area contributed by atoms with Crippen molar-refractivity contribution >= 4 is 10.9 Å². The zero-order chi connectivity index (χ0) is 24.9. The van der Waals surface area contributed by atoms with Crippen molar-refractivity contribution in [3.05, 3.63) is 84.1 Å². The lowest BCUT2D eigenvalue weighted by atomic mass is 9.48. The molecular formula is C32H34N2O3. The Labute approximate surface area is 218 Å². The third kappa shape index (κ3) is 2.62. The van der Waals surface area contributed by atoms with Crippen LogP contribution in [0.2, 0.25) is 0 Å². The Morgan fingerprint density at radius 1 is 1.14 bits per heavy atom. The molecule has 0 amide bonds. The summed E-state index contributed by atoms with van der Waals surface area (Å²) >= 11 is 0. The number of allylic oxidation sites excluding steroid dienone is 1. The maximum atomic E-state index is 11.1. The molecule has 3 heterocycles. The Morgan fingerprint density at radius 2 is 2.00 bits per heavy atom. The summed E-state index contributed by atoms with van der Waals surface area (Å²) in [6.45, 7) is 11.5. The van der Waals surface area contributed by atoms with Gasteiger partial charge in [-0.25, -0.2) is 0 Å². The lowest BCUT2D eigenvalue weighted by molar-refractivity contribution is -0.199. The van der Waals surface area contributed by atoms with Crippen molar-refractivity contribution in [3.63, 3.8) is 0 Å². The Balaban J connectivity index is 1.45. The molecule has 3 aromatic rings. The number of aromatic hydroxyl groups is 1. The van der Waals surface area contributed by atoms with Gasteiger partial charge >= 0.3 is 0 Å². The van der Waals surface area contributed by atoms with E-state index in [0.29, 0.717) is 12.4 Å². The number of nitrogens with zero attached hydrogens (tertiary/aromatic N) is 2. The fraction of sp³-hybridized carbons (Fsp3) is 0.438. The Morgan fingerprint density at radius 3 is 2.81 bits per heavy atom.